The van der Waals surface area contributed by atoms with Gasteiger partial charge in [0.05, 0.1) is 0 Å². The van der Waals surface area contributed by atoms with Gasteiger partial charge in [-0.3, -0.25) is 0 Å². The van der Waals surface area contributed by atoms with Gasteiger partial charge in [0.25, 0.3) is 0 Å². The second-order valence-corrected chi connectivity index (χ2v) is 1.51. The Morgan fingerprint density at radius 1 is 1.71 bits per heavy atom. The van der Waals surface area contributed by atoms with Gasteiger partial charge in [-0.2, -0.15) is 5.84 Å². The lowest BCUT2D eigenvalue weighted by Gasteiger charge is -1.90. The van der Waals surface area contributed by atoms with Gasteiger partial charge in [0, 0.05) is 10.1 Å². The third-order valence-corrected chi connectivity index (χ3v) is 0.345. The molecular formula is C3H9N3O. The van der Waals surface area contributed by atoms with Crippen molar-refractivity contribution in [3.05, 3.63) is 5.21 Å². The maximum Gasteiger partial charge on any atom is 0.111 e. The highest BCUT2D eigenvalue weighted by Gasteiger charge is 1.89. The number of rotatable bonds is 1. The van der Waals surface area contributed by atoms with E-state index >= 15 is 0 Å². The topological polar surface area (TPSA) is 64.5 Å². The monoisotopic (exact) mass is 103 g/mol. The van der Waals surface area contributed by atoms with Crippen LogP contribution < -0.4 is 5.84 Å². The van der Waals surface area contributed by atoms with Crippen molar-refractivity contribution in [1.29, 1.82) is 0 Å². The molecule has 0 aromatic rings. The molecule has 0 bridgehead atoms. The number of hydrazine groups is 1. The summed E-state index contributed by atoms with van der Waals surface area (Å²) in [4.78, 5) is 0.0741. The summed E-state index contributed by atoms with van der Waals surface area (Å²) in [6.45, 7) is 3.55. The zero-order chi connectivity index (χ0) is 5.86. The van der Waals surface area contributed by atoms with E-state index in [0.29, 0.717) is 0 Å². The quantitative estimate of drug-likeness (QED) is 0.223. The molecule has 0 saturated carbocycles. The van der Waals surface area contributed by atoms with Crippen LogP contribution in [0.15, 0.2) is 5.11 Å². The van der Waals surface area contributed by atoms with Crippen LogP contribution in [0.3, 0.4) is 0 Å². The van der Waals surface area contributed by atoms with Crippen LogP contribution in [0, 0.1) is 5.21 Å². The summed E-state index contributed by atoms with van der Waals surface area (Å²) in [6, 6.07) is -0.0116. The molecule has 7 heavy (non-hydrogen) atoms. The van der Waals surface area contributed by atoms with Gasteiger partial charge in [-0.05, 0) is 13.8 Å². The van der Waals surface area contributed by atoms with Crippen molar-refractivity contribution in [3.63, 3.8) is 0 Å². The molecule has 0 heterocycles. The zero-order valence-corrected chi connectivity index (χ0v) is 4.46. The molecule has 42 valence electrons. The lowest BCUT2D eigenvalue weighted by molar-refractivity contribution is -0.544. The Hall–Kier alpha value is -0.800. The lowest BCUT2D eigenvalue weighted by Crippen LogP contribution is -2.11. The number of nitrogens with zero attached hydrogens (tertiary/aromatic N) is 2. The average molecular weight is 103 g/mol. The molecule has 0 aliphatic heterocycles. The lowest BCUT2D eigenvalue weighted by atomic mass is 10.4. The fourth-order valence-corrected chi connectivity index (χ4v) is 0.228. The Bertz CT molecular complexity index is 74.2. The summed E-state index contributed by atoms with van der Waals surface area (Å²) in [5.74, 6) is 4.60. The standard InChI is InChI=1S/C3H9N3O/c1-3(2)5-6(4)7/h3H,1-2H3,(H2,4,5). The van der Waals surface area contributed by atoms with Crippen LogP contribution in [0.1, 0.15) is 13.8 Å². The van der Waals surface area contributed by atoms with E-state index in [1.165, 1.54) is 0 Å². The summed E-state index contributed by atoms with van der Waals surface area (Å²) < 4.78 is 0. The molecule has 0 rings (SSSR count). The summed E-state index contributed by atoms with van der Waals surface area (Å²) in [6.07, 6.45) is 0. The van der Waals surface area contributed by atoms with E-state index in [1.807, 2.05) is 0 Å². The zero-order valence-electron chi connectivity index (χ0n) is 4.46. The molecule has 0 radical (unpaired) electrons. The van der Waals surface area contributed by atoms with E-state index in [0.717, 1.165) is 0 Å². The minimum atomic E-state index is -0.0116. The fraction of sp³-hybridized carbons (Fsp3) is 1.00. The van der Waals surface area contributed by atoms with Gasteiger partial charge in [-0.15, -0.1) is 0 Å². The molecule has 0 fully saturated rings. The molecule has 0 amide bonds. The molecule has 0 spiro atoms. The van der Waals surface area contributed by atoms with Crippen molar-refractivity contribution >= 4 is 0 Å². The Morgan fingerprint density at radius 2 is 2.14 bits per heavy atom. The van der Waals surface area contributed by atoms with Crippen LogP contribution in [0.5, 0.6) is 0 Å². The van der Waals surface area contributed by atoms with Crippen LogP contribution in [-0.4, -0.2) is 11.0 Å². The number of hydrogen-bond donors (Lipinski definition) is 1. The molecule has 0 aliphatic carbocycles. The predicted octanol–water partition coefficient (Wildman–Crippen LogP) is 0.231. The highest BCUT2D eigenvalue weighted by atomic mass is 16.5. The molecule has 0 aliphatic rings. The van der Waals surface area contributed by atoms with Crippen molar-refractivity contribution in [2.75, 3.05) is 0 Å². The summed E-state index contributed by atoms with van der Waals surface area (Å²) in [7, 11) is 0. The van der Waals surface area contributed by atoms with E-state index in [2.05, 4.69) is 11.0 Å². The van der Waals surface area contributed by atoms with Crippen LogP contribution >= 0.6 is 0 Å². The summed E-state index contributed by atoms with van der Waals surface area (Å²) in [5, 5.41) is 13.1. The van der Waals surface area contributed by atoms with E-state index < -0.39 is 0 Å². The fourth-order valence-electron chi connectivity index (χ4n) is 0.228. The van der Waals surface area contributed by atoms with Crippen molar-refractivity contribution < 1.29 is 4.97 Å². The Labute approximate surface area is 42.2 Å². The minimum Gasteiger partial charge on any atom is -0.572 e. The summed E-state index contributed by atoms with van der Waals surface area (Å²) in [5.41, 5.74) is 0. The molecule has 0 saturated heterocycles. The number of nitrogens with two attached hydrogens (primary N) is 1. The molecular weight excluding hydrogens is 94.1 g/mol. The third-order valence-electron chi connectivity index (χ3n) is 0.345. The first kappa shape index (κ1) is 6.20. The van der Waals surface area contributed by atoms with Crippen molar-refractivity contribution in [2.24, 2.45) is 11.0 Å². The SMILES string of the molecule is CC(C)N=[N+](N)[O-]. The van der Waals surface area contributed by atoms with Gasteiger partial charge < -0.3 is 5.21 Å². The van der Waals surface area contributed by atoms with Gasteiger partial charge in [0.2, 0.25) is 0 Å². The Morgan fingerprint density at radius 3 is 2.14 bits per heavy atom. The van der Waals surface area contributed by atoms with Crippen LogP contribution in [0.4, 0.5) is 0 Å². The normalized spacial score (nSPS) is 12.7. The first-order valence-electron chi connectivity index (χ1n) is 2.05. The Kier molecular flexibility index (Phi) is 2.11. The molecule has 2 N–H and O–H groups in total. The molecule has 0 aromatic carbocycles. The number of hydrogen-bond acceptors (Lipinski definition) is 2. The van der Waals surface area contributed by atoms with Crippen LogP contribution in [-0.2, 0) is 0 Å². The van der Waals surface area contributed by atoms with E-state index in [-0.39, 0.29) is 11.0 Å². The van der Waals surface area contributed by atoms with Crippen molar-refractivity contribution in [2.45, 2.75) is 19.9 Å². The van der Waals surface area contributed by atoms with Crippen LogP contribution in [0.2, 0.25) is 0 Å². The predicted molar refractivity (Wildman–Crippen MR) is 25.4 cm³/mol. The molecule has 0 atom stereocenters. The molecule has 4 nitrogen and oxygen atoms in total. The molecule has 4 heteroatoms. The van der Waals surface area contributed by atoms with E-state index in [9.17, 15) is 5.21 Å². The highest BCUT2D eigenvalue weighted by molar-refractivity contribution is 4.37. The average Bonchev–Trinajstić information content (AvgIpc) is 1.27. The third kappa shape index (κ3) is 5.20. The van der Waals surface area contributed by atoms with Gasteiger partial charge in [0.1, 0.15) is 6.04 Å². The van der Waals surface area contributed by atoms with E-state index in [1.54, 1.807) is 13.8 Å². The molecule has 0 unspecified atom stereocenters. The minimum absolute atomic E-state index is 0.0116. The van der Waals surface area contributed by atoms with Gasteiger partial charge in [-0.25, -0.2) is 0 Å². The highest BCUT2D eigenvalue weighted by Crippen LogP contribution is 1.81. The van der Waals surface area contributed by atoms with E-state index in [4.69, 9.17) is 0 Å². The molecule has 0 aromatic heterocycles. The maximum atomic E-state index is 9.78. The van der Waals surface area contributed by atoms with Crippen molar-refractivity contribution in [3.8, 4) is 0 Å². The van der Waals surface area contributed by atoms with Crippen LogP contribution in [0.25, 0.3) is 0 Å². The van der Waals surface area contributed by atoms with Gasteiger partial charge in [-0.1, -0.05) is 0 Å². The Balaban J connectivity index is 3.45. The van der Waals surface area contributed by atoms with Gasteiger partial charge >= 0.3 is 0 Å². The first-order valence-corrected chi connectivity index (χ1v) is 2.05. The smallest absolute Gasteiger partial charge is 0.111 e. The summed E-state index contributed by atoms with van der Waals surface area (Å²) >= 11 is 0. The van der Waals surface area contributed by atoms with Crippen molar-refractivity contribution in [1.82, 2.24) is 0 Å². The second-order valence-electron chi connectivity index (χ2n) is 1.51. The second kappa shape index (κ2) is 2.39. The largest absolute Gasteiger partial charge is 0.572 e. The first-order chi connectivity index (χ1) is 3.13. The maximum absolute atomic E-state index is 9.78. The van der Waals surface area contributed by atoms with Gasteiger partial charge in [0.15, 0.2) is 0 Å².